The molecule has 0 radical (unpaired) electrons. The summed E-state index contributed by atoms with van der Waals surface area (Å²) in [6.45, 7) is 7.48. The number of amides is 2. The van der Waals surface area contributed by atoms with Gasteiger partial charge in [-0.3, -0.25) is 9.59 Å². The first kappa shape index (κ1) is 18.7. The molecule has 1 aromatic heterocycles. The van der Waals surface area contributed by atoms with Crippen molar-refractivity contribution >= 4 is 23.6 Å². The molecule has 0 aliphatic carbocycles. The molecule has 6 nitrogen and oxygen atoms in total. The summed E-state index contributed by atoms with van der Waals surface area (Å²) in [4.78, 5) is 39.5. The molecule has 0 saturated carbocycles. The van der Waals surface area contributed by atoms with Crippen LogP contribution in [-0.4, -0.2) is 68.3 Å². The second kappa shape index (κ2) is 7.08. The lowest BCUT2D eigenvalue weighted by molar-refractivity contribution is -0.143. The average Bonchev–Trinajstić information content (AvgIpc) is 3.23. The zero-order valence-corrected chi connectivity index (χ0v) is 17.2. The molecule has 1 aromatic rings. The summed E-state index contributed by atoms with van der Waals surface area (Å²) in [7, 11) is 0. The standard InChI is InChI=1S/C20H28N4O2S/c1-4-20(19(26)23-7-9-27-10-8-23)12-15-5-6-17(20)24(15)18(25)16-11-13(2)21-14(3)22-16/h11,15,17H,4-10,12H2,1-3H3/t15-,17+,20+/m0/s1. The van der Waals surface area contributed by atoms with Gasteiger partial charge in [-0.25, -0.2) is 9.97 Å². The van der Waals surface area contributed by atoms with E-state index in [-0.39, 0.29) is 23.9 Å². The molecule has 0 spiro atoms. The Morgan fingerprint density at radius 1 is 1.22 bits per heavy atom. The molecule has 27 heavy (non-hydrogen) atoms. The third-order valence-electron chi connectivity index (χ3n) is 6.52. The fourth-order valence-corrected chi connectivity index (χ4v) is 6.19. The Morgan fingerprint density at radius 2 is 1.96 bits per heavy atom. The van der Waals surface area contributed by atoms with Crippen molar-refractivity contribution in [3.05, 3.63) is 23.3 Å². The second-order valence-corrected chi connectivity index (χ2v) is 9.24. The molecule has 2 amide bonds. The van der Waals surface area contributed by atoms with Crippen molar-refractivity contribution in [2.45, 2.75) is 58.5 Å². The SMILES string of the molecule is CC[C@@]1(C(=O)N2CCSCC2)C[C@@H]2CC[C@H]1N2C(=O)c1cc(C)nc(C)n1. The van der Waals surface area contributed by atoms with Gasteiger partial charge in [0, 0.05) is 42.4 Å². The number of aryl methyl sites for hydroxylation is 2. The minimum absolute atomic E-state index is 0.00217. The molecule has 3 aliphatic heterocycles. The van der Waals surface area contributed by atoms with Gasteiger partial charge in [-0.2, -0.15) is 11.8 Å². The highest BCUT2D eigenvalue weighted by molar-refractivity contribution is 7.99. The van der Waals surface area contributed by atoms with Gasteiger partial charge in [0.05, 0.1) is 5.41 Å². The van der Waals surface area contributed by atoms with Gasteiger partial charge >= 0.3 is 0 Å². The van der Waals surface area contributed by atoms with Crippen LogP contribution in [0.2, 0.25) is 0 Å². The predicted molar refractivity (Wildman–Crippen MR) is 106 cm³/mol. The molecule has 0 aromatic carbocycles. The normalized spacial score (nSPS) is 30.0. The molecule has 3 aliphatic rings. The summed E-state index contributed by atoms with van der Waals surface area (Å²) in [5.74, 6) is 2.89. The lowest BCUT2D eigenvalue weighted by Gasteiger charge is -2.40. The van der Waals surface area contributed by atoms with Gasteiger partial charge in [0.25, 0.3) is 5.91 Å². The number of aromatic nitrogens is 2. The van der Waals surface area contributed by atoms with E-state index in [0.29, 0.717) is 11.5 Å². The van der Waals surface area contributed by atoms with E-state index < -0.39 is 5.41 Å². The first-order valence-electron chi connectivity index (χ1n) is 9.98. The van der Waals surface area contributed by atoms with Crippen molar-refractivity contribution in [3.63, 3.8) is 0 Å². The zero-order chi connectivity index (χ0) is 19.2. The van der Waals surface area contributed by atoms with Crippen LogP contribution in [0, 0.1) is 19.3 Å². The fraction of sp³-hybridized carbons (Fsp3) is 0.700. The third-order valence-corrected chi connectivity index (χ3v) is 7.46. The summed E-state index contributed by atoms with van der Waals surface area (Å²) in [6.07, 6.45) is 3.50. The van der Waals surface area contributed by atoms with Crippen molar-refractivity contribution in [1.29, 1.82) is 0 Å². The second-order valence-electron chi connectivity index (χ2n) is 8.02. The number of carbonyl (C=O) groups excluding carboxylic acids is 2. The Balaban J connectivity index is 1.63. The summed E-state index contributed by atoms with van der Waals surface area (Å²) in [5, 5.41) is 0. The summed E-state index contributed by atoms with van der Waals surface area (Å²) >= 11 is 1.91. The topological polar surface area (TPSA) is 66.4 Å². The van der Waals surface area contributed by atoms with E-state index in [0.717, 1.165) is 56.0 Å². The summed E-state index contributed by atoms with van der Waals surface area (Å²) in [5.41, 5.74) is 0.851. The molecule has 7 heteroatoms. The van der Waals surface area contributed by atoms with Crippen LogP contribution in [0.4, 0.5) is 0 Å². The number of hydrogen-bond acceptors (Lipinski definition) is 5. The van der Waals surface area contributed by atoms with Gasteiger partial charge in [0.15, 0.2) is 0 Å². The molecule has 0 N–H and O–H groups in total. The minimum Gasteiger partial charge on any atom is -0.340 e. The molecule has 3 saturated heterocycles. The smallest absolute Gasteiger partial charge is 0.273 e. The Labute approximate surface area is 165 Å². The maximum absolute atomic E-state index is 13.5. The van der Waals surface area contributed by atoms with E-state index in [4.69, 9.17) is 0 Å². The Bertz CT molecular complexity index is 744. The van der Waals surface area contributed by atoms with Crippen molar-refractivity contribution in [3.8, 4) is 0 Å². The maximum atomic E-state index is 13.5. The fourth-order valence-electron chi connectivity index (χ4n) is 5.29. The van der Waals surface area contributed by atoms with Crippen LogP contribution in [0.15, 0.2) is 6.07 Å². The van der Waals surface area contributed by atoms with E-state index in [1.54, 1.807) is 6.07 Å². The van der Waals surface area contributed by atoms with Gasteiger partial charge in [0.2, 0.25) is 5.91 Å². The molecule has 4 heterocycles. The third kappa shape index (κ3) is 3.04. The predicted octanol–water partition coefficient (Wildman–Crippen LogP) is 2.44. The Hall–Kier alpha value is -1.63. The summed E-state index contributed by atoms with van der Waals surface area (Å²) < 4.78 is 0. The van der Waals surface area contributed by atoms with Crippen molar-refractivity contribution in [1.82, 2.24) is 19.8 Å². The van der Waals surface area contributed by atoms with E-state index in [1.165, 1.54) is 0 Å². The first-order valence-corrected chi connectivity index (χ1v) is 11.1. The van der Waals surface area contributed by atoms with Crippen LogP contribution < -0.4 is 0 Å². The van der Waals surface area contributed by atoms with Gasteiger partial charge in [-0.05, 0) is 45.6 Å². The highest BCUT2D eigenvalue weighted by Gasteiger charge is 2.61. The molecule has 146 valence electrons. The number of nitrogens with zero attached hydrogens (tertiary/aromatic N) is 4. The highest BCUT2D eigenvalue weighted by atomic mass is 32.2. The van der Waals surface area contributed by atoms with Gasteiger partial charge in [0.1, 0.15) is 11.5 Å². The zero-order valence-electron chi connectivity index (χ0n) is 16.4. The lowest BCUT2D eigenvalue weighted by atomic mass is 9.70. The number of hydrogen-bond donors (Lipinski definition) is 0. The largest absolute Gasteiger partial charge is 0.340 e. The van der Waals surface area contributed by atoms with Gasteiger partial charge in [-0.1, -0.05) is 6.92 Å². The lowest BCUT2D eigenvalue weighted by Crippen LogP contribution is -2.53. The van der Waals surface area contributed by atoms with E-state index in [9.17, 15) is 9.59 Å². The Kier molecular flexibility index (Phi) is 4.91. The molecule has 4 rings (SSSR count). The molecule has 0 unspecified atom stereocenters. The van der Waals surface area contributed by atoms with Crippen LogP contribution >= 0.6 is 11.8 Å². The van der Waals surface area contributed by atoms with E-state index >= 15 is 0 Å². The van der Waals surface area contributed by atoms with Gasteiger partial charge < -0.3 is 9.80 Å². The van der Waals surface area contributed by atoms with Crippen LogP contribution in [0.3, 0.4) is 0 Å². The maximum Gasteiger partial charge on any atom is 0.273 e. The highest BCUT2D eigenvalue weighted by Crippen LogP contribution is 2.53. The number of rotatable bonds is 3. The van der Waals surface area contributed by atoms with Crippen LogP contribution in [0.5, 0.6) is 0 Å². The number of fused-ring (bicyclic) bond motifs is 2. The monoisotopic (exact) mass is 388 g/mol. The van der Waals surface area contributed by atoms with E-state index in [1.807, 2.05) is 35.4 Å². The molecular weight excluding hydrogens is 360 g/mol. The molecule has 3 fully saturated rings. The number of thioether (sulfide) groups is 1. The Morgan fingerprint density at radius 3 is 2.63 bits per heavy atom. The molecule has 3 atom stereocenters. The van der Waals surface area contributed by atoms with Crippen LogP contribution in [-0.2, 0) is 4.79 Å². The molecule has 2 bridgehead atoms. The average molecular weight is 389 g/mol. The summed E-state index contributed by atoms with van der Waals surface area (Å²) in [6, 6.07) is 1.92. The van der Waals surface area contributed by atoms with Crippen LogP contribution in [0.25, 0.3) is 0 Å². The first-order chi connectivity index (χ1) is 13.0. The van der Waals surface area contributed by atoms with E-state index in [2.05, 4.69) is 16.9 Å². The quantitative estimate of drug-likeness (QED) is 0.796. The number of carbonyl (C=O) groups is 2. The van der Waals surface area contributed by atoms with Gasteiger partial charge in [-0.15, -0.1) is 0 Å². The van der Waals surface area contributed by atoms with Crippen molar-refractivity contribution in [2.75, 3.05) is 24.6 Å². The van der Waals surface area contributed by atoms with Crippen molar-refractivity contribution in [2.24, 2.45) is 5.41 Å². The molecular formula is C20H28N4O2S. The van der Waals surface area contributed by atoms with Crippen LogP contribution in [0.1, 0.15) is 54.6 Å². The minimum atomic E-state index is -0.419. The van der Waals surface area contributed by atoms with Crippen molar-refractivity contribution < 1.29 is 9.59 Å².